The van der Waals surface area contributed by atoms with Crippen LogP contribution in [0.3, 0.4) is 0 Å². The Bertz CT molecular complexity index is 1330. The second kappa shape index (κ2) is 8.16. The lowest BCUT2D eigenvalue weighted by Crippen LogP contribution is -2.54. The number of likely N-dealkylation sites (tertiary alicyclic amines) is 1. The molecule has 180 valence electrons. The van der Waals surface area contributed by atoms with Crippen molar-refractivity contribution >= 4 is 40.8 Å². The number of hydrogen-bond acceptors (Lipinski definition) is 7. The number of nitro benzene ring substituents is 1. The van der Waals surface area contributed by atoms with Gasteiger partial charge in [-0.3, -0.25) is 34.2 Å². The number of halogens is 1. The number of carbonyl (C=O) groups is 4. The predicted octanol–water partition coefficient (Wildman–Crippen LogP) is 3.18. The topological polar surface area (TPSA) is 127 Å². The van der Waals surface area contributed by atoms with E-state index in [9.17, 15) is 29.3 Å². The van der Waals surface area contributed by atoms with Crippen molar-refractivity contribution in [3.05, 3.63) is 67.7 Å². The van der Waals surface area contributed by atoms with E-state index in [1.54, 1.807) is 12.1 Å². The van der Waals surface area contributed by atoms with Gasteiger partial charge in [-0.15, -0.1) is 0 Å². The molecule has 3 heterocycles. The Morgan fingerprint density at radius 1 is 1.14 bits per heavy atom. The Morgan fingerprint density at radius 3 is 2.54 bits per heavy atom. The van der Waals surface area contributed by atoms with Crippen LogP contribution in [-0.4, -0.2) is 63.5 Å². The molecule has 1 fully saturated rings. The first-order chi connectivity index (χ1) is 16.6. The van der Waals surface area contributed by atoms with Crippen molar-refractivity contribution < 1.29 is 28.8 Å². The second-order valence-electron chi connectivity index (χ2n) is 9.02. The normalized spacial score (nSPS) is 18.4. The minimum Gasteiger partial charge on any atom is -0.486 e. The molecule has 3 aliphatic rings. The SMILES string of the molecule is Cc1cc2c(cc1Cl)C(=O)CC1(CCN(C(=O)CN3C(=O)c4cccc([N+](=O)[O-])c4C3=O)CC1)O2. The highest BCUT2D eigenvalue weighted by Gasteiger charge is 2.46. The molecule has 0 bridgehead atoms. The van der Waals surface area contributed by atoms with E-state index < -0.39 is 40.5 Å². The van der Waals surface area contributed by atoms with Gasteiger partial charge in [0.15, 0.2) is 5.78 Å². The average Bonchev–Trinajstić information content (AvgIpc) is 3.05. The third kappa shape index (κ3) is 3.74. The van der Waals surface area contributed by atoms with Crippen LogP contribution in [0, 0.1) is 17.0 Å². The molecule has 11 heteroatoms. The molecular weight excluding hydrogens is 478 g/mol. The zero-order valence-corrected chi connectivity index (χ0v) is 19.5. The van der Waals surface area contributed by atoms with E-state index in [-0.39, 0.29) is 36.4 Å². The van der Waals surface area contributed by atoms with Gasteiger partial charge < -0.3 is 9.64 Å². The molecule has 1 saturated heterocycles. The number of piperidine rings is 1. The van der Waals surface area contributed by atoms with E-state index in [2.05, 4.69) is 0 Å². The smallest absolute Gasteiger partial charge is 0.282 e. The zero-order chi connectivity index (χ0) is 25.1. The number of fused-ring (bicyclic) bond motifs is 2. The van der Waals surface area contributed by atoms with Crippen molar-refractivity contribution in [2.24, 2.45) is 0 Å². The number of imide groups is 1. The first kappa shape index (κ1) is 23.0. The number of Topliss-reactive ketones (excluding diaryl/α,β-unsaturated/α-hetero) is 1. The van der Waals surface area contributed by atoms with Crippen molar-refractivity contribution in [3.63, 3.8) is 0 Å². The molecule has 35 heavy (non-hydrogen) atoms. The summed E-state index contributed by atoms with van der Waals surface area (Å²) in [6, 6.07) is 7.18. The molecule has 0 unspecified atom stereocenters. The molecule has 0 atom stereocenters. The van der Waals surface area contributed by atoms with Crippen LogP contribution in [0.15, 0.2) is 30.3 Å². The predicted molar refractivity (Wildman–Crippen MR) is 123 cm³/mol. The van der Waals surface area contributed by atoms with Gasteiger partial charge in [-0.25, -0.2) is 0 Å². The number of benzene rings is 2. The number of nitrogens with zero attached hydrogens (tertiary/aromatic N) is 3. The fourth-order valence-electron chi connectivity index (χ4n) is 4.90. The van der Waals surface area contributed by atoms with Crippen molar-refractivity contribution in [1.29, 1.82) is 0 Å². The molecule has 0 N–H and O–H groups in total. The molecule has 0 saturated carbocycles. The summed E-state index contributed by atoms with van der Waals surface area (Å²) in [6.07, 6.45) is 0.974. The monoisotopic (exact) mass is 497 g/mol. The van der Waals surface area contributed by atoms with E-state index in [1.807, 2.05) is 6.92 Å². The van der Waals surface area contributed by atoms with Gasteiger partial charge in [-0.2, -0.15) is 0 Å². The van der Waals surface area contributed by atoms with Crippen LogP contribution in [0.4, 0.5) is 5.69 Å². The number of ether oxygens (including phenoxy) is 1. The Kier molecular flexibility index (Phi) is 5.36. The molecule has 0 aromatic heterocycles. The summed E-state index contributed by atoms with van der Waals surface area (Å²) < 4.78 is 6.24. The first-order valence-corrected chi connectivity index (χ1v) is 11.4. The summed E-state index contributed by atoms with van der Waals surface area (Å²) in [7, 11) is 0. The zero-order valence-electron chi connectivity index (χ0n) is 18.7. The van der Waals surface area contributed by atoms with Crippen molar-refractivity contribution in [2.75, 3.05) is 19.6 Å². The summed E-state index contributed by atoms with van der Waals surface area (Å²) in [5.74, 6) is -1.63. The van der Waals surface area contributed by atoms with Crippen LogP contribution < -0.4 is 4.74 Å². The van der Waals surface area contributed by atoms with Crippen LogP contribution in [0.1, 0.15) is 55.9 Å². The first-order valence-electron chi connectivity index (χ1n) is 11.0. The van der Waals surface area contributed by atoms with Gasteiger partial charge in [0, 0.05) is 37.0 Å². The number of nitro groups is 1. The number of aryl methyl sites for hydroxylation is 1. The molecule has 0 aliphatic carbocycles. The average molecular weight is 498 g/mol. The number of rotatable bonds is 3. The number of ketones is 1. The van der Waals surface area contributed by atoms with Crippen LogP contribution in [0.25, 0.3) is 0 Å². The van der Waals surface area contributed by atoms with Gasteiger partial charge in [0.25, 0.3) is 17.5 Å². The maximum Gasteiger partial charge on any atom is 0.282 e. The van der Waals surface area contributed by atoms with Crippen LogP contribution in [0.5, 0.6) is 5.75 Å². The Morgan fingerprint density at radius 2 is 1.86 bits per heavy atom. The maximum absolute atomic E-state index is 13.0. The van der Waals surface area contributed by atoms with Crippen molar-refractivity contribution in [2.45, 2.75) is 31.8 Å². The lowest BCUT2D eigenvalue weighted by molar-refractivity contribution is -0.385. The molecule has 0 radical (unpaired) electrons. The summed E-state index contributed by atoms with van der Waals surface area (Å²) in [6.45, 7) is 1.86. The van der Waals surface area contributed by atoms with Gasteiger partial charge in [0.05, 0.1) is 22.5 Å². The lowest BCUT2D eigenvalue weighted by Gasteiger charge is -2.44. The van der Waals surface area contributed by atoms with Gasteiger partial charge in [0.1, 0.15) is 23.5 Å². The molecule has 2 aromatic carbocycles. The van der Waals surface area contributed by atoms with E-state index in [4.69, 9.17) is 16.3 Å². The fourth-order valence-corrected chi connectivity index (χ4v) is 5.07. The molecule has 2 aromatic rings. The van der Waals surface area contributed by atoms with E-state index in [1.165, 1.54) is 17.0 Å². The number of amides is 3. The van der Waals surface area contributed by atoms with Gasteiger partial charge in [-0.05, 0) is 30.7 Å². The maximum atomic E-state index is 13.0. The van der Waals surface area contributed by atoms with E-state index >= 15 is 0 Å². The molecule has 3 aliphatic heterocycles. The fraction of sp³-hybridized carbons (Fsp3) is 0.333. The van der Waals surface area contributed by atoms with Gasteiger partial charge in [0.2, 0.25) is 5.91 Å². The highest BCUT2D eigenvalue weighted by molar-refractivity contribution is 6.32. The highest BCUT2D eigenvalue weighted by atomic mass is 35.5. The van der Waals surface area contributed by atoms with E-state index in [0.717, 1.165) is 16.5 Å². The summed E-state index contributed by atoms with van der Waals surface area (Å²) in [5.41, 5.74) is -0.342. The quantitative estimate of drug-likeness (QED) is 0.362. The van der Waals surface area contributed by atoms with Crippen molar-refractivity contribution in [3.8, 4) is 5.75 Å². The molecule has 1 spiro atoms. The second-order valence-corrected chi connectivity index (χ2v) is 9.42. The minimum atomic E-state index is -0.856. The summed E-state index contributed by atoms with van der Waals surface area (Å²) in [4.78, 5) is 64.0. The van der Waals surface area contributed by atoms with Crippen LogP contribution >= 0.6 is 11.6 Å². The van der Waals surface area contributed by atoms with E-state index in [0.29, 0.717) is 29.2 Å². The molecule has 10 nitrogen and oxygen atoms in total. The van der Waals surface area contributed by atoms with Crippen LogP contribution in [0.2, 0.25) is 5.02 Å². The number of hydrogen-bond donors (Lipinski definition) is 0. The molecule has 3 amide bonds. The highest BCUT2D eigenvalue weighted by Crippen LogP contribution is 2.41. The Labute approximate surface area is 204 Å². The molecular formula is C24H20ClN3O7. The van der Waals surface area contributed by atoms with Crippen molar-refractivity contribution in [1.82, 2.24) is 9.80 Å². The standard InChI is InChI=1S/C24H20ClN3O7/c1-13-9-19-15(10-16(13)25)18(29)11-24(35-19)5-7-26(8-6-24)20(30)12-27-22(31)14-3-2-4-17(28(33)34)21(14)23(27)32/h2-4,9-10H,5-8,11-12H2,1H3. The van der Waals surface area contributed by atoms with Crippen LogP contribution in [-0.2, 0) is 4.79 Å². The third-order valence-electron chi connectivity index (χ3n) is 6.86. The lowest BCUT2D eigenvalue weighted by atomic mass is 9.82. The summed E-state index contributed by atoms with van der Waals surface area (Å²) in [5, 5.41) is 11.8. The Hall–Kier alpha value is -3.79. The minimum absolute atomic E-state index is 0.0689. The number of carbonyl (C=O) groups excluding carboxylic acids is 4. The van der Waals surface area contributed by atoms with Gasteiger partial charge in [-0.1, -0.05) is 17.7 Å². The Balaban J connectivity index is 1.27. The van der Waals surface area contributed by atoms with Gasteiger partial charge >= 0.3 is 0 Å². The molecule has 5 rings (SSSR count). The third-order valence-corrected chi connectivity index (χ3v) is 7.27. The summed E-state index contributed by atoms with van der Waals surface area (Å²) >= 11 is 6.15. The largest absolute Gasteiger partial charge is 0.486 e.